The topological polar surface area (TPSA) is 15.3 Å². The average Bonchev–Trinajstić information content (AvgIpc) is 2.42. The molecule has 2 atom stereocenters. The summed E-state index contributed by atoms with van der Waals surface area (Å²) in [5.41, 5.74) is 2.26. The van der Waals surface area contributed by atoms with Crippen LogP contribution in [0.15, 0.2) is 18.2 Å². The number of nitrogens with one attached hydrogen (secondary N) is 1. The van der Waals surface area contributed by atoms with Gasteiger partial charge in [0.15, 0.2) is 0 Å². The molecular weight excluding hydrogens is 283 g/mol. The van der Waals surface area contributed by atoms with Crippen LogP contribution in [0.25, 0.3) is 0 Å². The molecule has 0 amide bonds. The van der Waals surface area contributed by atoms with E-state index in [-0.39, 0.29) is 5.82 Å². The molecule has 0 bridgehead atoms. The summed E-state index contributed by atoms with van der Waals surface area (Å²) in [6, 6.07) is 5.70. The van der Waals surface area contributed by atoms with Crippen molar-refractivity contribution in [1.82, 2.24) is 5.32 Å². The summed E-state index contributed by atoms with van der Waals surface area (Å²) in [7, 11) is 0. The van der Waals surface area contributed by atoms with Crippen LogP contribution in [0.4, 0.5) is 10.1 Å². The Morgan fingerprint density at radius 1 is 1.38 bits per heavy atom. The minimum absolute atomic E-state index is 0.146. The summed E-state index contributed by atoms with van der Waals surface area (Å²) in [6.45, 7) is 11.6. The zero-order chi connectivity index (χ0) is 15.4. The zero-order valence-electron chi connectivity index (χ0n) is 13.5. The molecule has 2 nitrogen and oxygen atoms in total. The summed E-state index contributed by atoms with van der Waals surface area (Å²) in [5, 5.41) is 4.05. The predicted octanol–water partition coefficient (Wildman–Crippen LogP) is 3.90. The maximum Gasteiger partial charge on any atom is 0.123 e. The van der Waals surface area contributed by atoms with E-state index in [4.69, 9.17) is 0 Å². The van der Waals surface area contributed by atoms with E-state index in [0.29, 0.717) is 17.2 Å². The first-order chi connectivity index (χ1) is 9.99. The first kappa shape index (κ1) is 16.6. The third kappa shape index (κ3) is 4.36. The molecule has 1 fully saturated rings. The maximum absolute atomic E-state index is 13.6. The highest BCUT2D eigenvalue weighted by Gasteiger charge is 2.26. The van der Waals surface area contributed by atoms with Crippen LogP contribution >= 0.6 is 11.8 Å². The highest BCUT2D eigenvalue weighted by molar-refractivity contribution is 8.00. The quantitative estimate of drug-likeness (QED) is 0.888. The van der Waals surface area contributed by atoms with E-state index in [9.17, 15) is 4.39 Å². The van der Waals surface area contributed by atoms with Gasteiger partial charge in [-0.15, -0.1) is 0 Å². The van der Waals surface area contributed by atoms with E-state index < -0.39 is 0 Å². The largest absolute Gasteiger partial charge is 0.367 e. The Morgan fingerprint density at radius 2 is 2.14 bits per heavy atom. The molecule has 1 aliphatic heterocycles. The van der Waals surface area contributed by atoms with Gasteiger partial charge in [-0.2, -0.15) is 11.8 Å². The van der Waals surface area contributed by atoms with Gasteiger partial charge < -0.3 is 10.2 Å². The molecule has 1 aromatic carbocycles. The second-order valence-electron chi connectivity index (χ2n) is 6.31. The van der Waals surface area contributed by atoms with E-state index >= 15 is 0 Å². The number of benzene rings is 1. The van der Waals surface area contributed by atoms with Gasteiger partial charge in [0, 0.05) is 35.8 Å². The Bertz CT molecular complexity index is 464. The normalized spacial score (nSPS) is 22.9. The average molecular weight is 310 g/mol. The van der Waals surface area contributed by atoms with Crippen molar-refractivity contribution in [2.24, 2.45) is 5.92 Å². The number of halogens is 1. The van der Waals surface area contributed by atoms with E-state index in [1.165, 1.54) is 5.69 Å². The molecule has 1 saturated heterocycles. The third-order valence-electron chi connectivity index (χ3n) is 4.10. The molecule has 1 heterocycles. The highest BCUT2D eigenvalue weighted by atomic mass is 32.2. The fourth-order valence-electron chi connectivity index (χ4n) is 2.74. The van der Waals surface area contributed by atoms with E-state index in [1.807, 2.05) is 17.8 Å². The van der Waals surface area contributed by atoms with Crippen LogP contribution in [0, 0.1) is 11.7 Å². The minimum Gasteiger partial charge on any atom is -0.367 e. The predicted molar refractivity (Wildman–Crippen MR) is 91.7 cm³/mol. The van der Waals surface area contributed by atoms with Crippen molar-refractivity contribution < 1.29 is 4.39 Å². The Labute approximate surface area is 132 Å². The molecule has 0 aliphatic carbocycles. The van der Waals surface area contributed by atoms with Gasteiger partial charge in [0.1, 0.15) is 5.82 Å². The Hall–Kier alpha value is -0.740. The molecule has 4 heteroatoms. The first-order valence-electron chi connectivity index (χ1n) is 7.86. The van der Waals surface area contributed by atoms with E-state index in [0.717, 1.165) is 31.0 Å². The molecule has 21 heavy (non-hydrogen) atoms. The summed E-state index contributed by atoms with van der Waals surface area (Å²) in [4.78, 5) is 2.44. The number of hydrogen-bond acceptors (Lipinski definition) is 3. The molecule has 0 aromatic heterocycles. The van der Waals surface area contributed by atoms with Gasteiger partial charge >= 0.3 is 0 Å². The van der Waals surface area contributed by atoms with Gasteiger partial charge in [0.25, 0.3) is 0 Å². The van der Waals surface area contributed by atoms with Gasteiger partial charge in [0.05, 0.1) is 0 Å². The molecule has 2 rings (SSSR count). The summed E-state index contributed by atoms with van der Waals surface area (Å²) in [5.74, 6) is 1.60. The van der Waals surface area contributed by atoms with Crippen LogP contribution in [0.3, 0.4) is 0 Å². The van der Waals surface area contributed by atoms with Crippen molar-refractivity contribution in [3.8, 4) is 0 Å². The monoisotopic (exact) mass is 310 g/mol. The number of hydrogen-bond donors (Lipinski definition) is 1. The summed E-state index contributed by atoms with van der Waals surface area (Å²) < 4.78 is 13.6. The van der Waals surface area contributed by atoms with E-state index in [1.54, 1.807) is 12.1 Å². The van der Waals surface area contributed by atoms with Crippen LogP contribution < -0.4 is 10.2 Å². The fraction of sp³-hybridized carbons (Fsp3) is 0.647. The van der Waals surface area contributed by atoms with Crippen molar-refractivity contribution in [2.75, 3.05) is 23.7 Å². The number of nitrogens with zero attached hydrogens (tertiary/aromatic N) is 1. The first-order valence-corrected chi connectivity index (χ1v) is 8.91. The number of thioether (sulfide) groups is 1. The van der Waals surface area contributed by atoms with Crippen LogP contribution in [0.1, 0.15) is 33.3 Å². The van der Waals surface area contributed by atoms with Gasteiger partial charge in [-0.1, -0.05) is 20.8 Å². The van der Waals surface area contributed by atoms with Crippen molar-refractivity contribution >= 4 is 17.4 Å². The zero-order valence-corrected chi connectivity index (χ0v) is 14.3. The SMILES string of the molecule is CC(C)CNCc1cc(F)ccc1N1CCSC(C)C1C. The molecule has 118 valence electrons. The maximum atomic E-state index is 13.6. The van der Waals surface area contributed by atoms with Crippen LogP contribution in [-0.4, -0.2) is 30.1 Å². The van der Waals surface area contributed by atoms with Crippen molar-refractivity contribution in [1.29, 1.82) is 0 Å². The van der Waals surface area contributed by atoms with Crippen molar-refractivity contribution in [3.63, 3.8) is 0 Å². The second kappa shape index (κ2) is 7.50. The molecule has 1 N–H and O–H groups in total. The Kier molecular flexibility index (Phi) is 5.94. The van der Waals surface area contributed by atoms with Crippen LogP contribution in [0.2, 0.25) is 0 Å². The molecule has 0 saturated carbocycles. The molecule has 2 unspecified atom stereocenters. The molecular formula is C17H27FN2S. The standard InChI is InChI=1S/C17H27FN2S/c1-12(2)10-19-11-15-9-16(18)5-6-17(15)20-7-8-21-14(4)13(20)3/h5-6,9,12-14,19H,7-8,10-11H2,1-4H3. The molecule has 1 aliphatic rings. The summed E-state index contributed by atoms with van der Waals surface area (Å²) >= 11 is 2.02. The van der Waals surface area contributed by atoms with Crippen molar-refractivity contribution in [3.05, 3.63) is 29.6 Å². The lowest BCUT2D eigenvalue weighted by atomic mass is 10.1. The van der Waals surface area contributed by atoms with Gasteiger partial charge in [-0.25, -0.2) is 4.39 Å². The van der Waals surface area contributed by atoms with Gasteiger partial charge in [0.2, 0.25) is 0 Å². The molecule has 1 aromatic rings. The van der Waals surface area contributed by atoms with Gasteiger partial charge in [-0.3, -0.25) is 0 Å². The lowest BCUT2D eigenvalue weighted by Gasteiger charge is -2.40. The van der Waals surface area contributed by atoms with Crippen LogP contribution in [0.5, 0.6) is 0 Å². The Morgan fingerprint density at radius 3 is 2.86 bits per heavy atom. The molecule has 0 spiro atoms. The fourth-order valence-corrected chi connectivity index (χ4v) is 3.84. The summed E-state index contributed by atoms with van der Waals surface area (Å²) in [6.07, 6.45) is 0. The number of rotatable bonds is 5. The van der Waals surface area contributed by atoms with Crippen LogP contribution in [-0.2, 0) is 6.54 Å². The Balaban J connectivity index is 2.17. The third-order valence-corrected chi connectivity index (χ3v) is 5.44. The molecule has 0 radical (unpaired) electrons. The highest BCUT2D eigenvalue weighted by Crippen LogP contribution is 2.31. The second-order valence-corrected chi connectivity index (χ2v) is 7.79. The lowest BCUT2D eigenvalue weighted by molar-refractivity contribution is 0.547. The van der Waals surface area contributed by atoms with E-state index in [2.05, 4.69) is 37.9 Å². The smallest absolute Gasteiger partial charge is 0.123 e. The van der Waals surface area contributed by atoms with Crippen molar-refractivity contribution in [2.45, 2.75) is 45.5 Å². The van der Waals surface area contributed by atoms with Gasteiger partial charge in [-0.05, 0) is 43.1 Å². The number of anilines is 1. The lowest BCUT2D eigenvalue weighted by Crippen LogP contribution is -2.45. The minimum atomic E-state index is -0.146.